The molecule has 2 aromatic heterocycles. The SMILES string of the molecule is CCOc1ccc(N=C2NC(=O)/C(=C/c3cc(C)n(-c4sc5c(c4C(=O)O)CCCC5)c3C)S2)cc1. The maximum Gasteiger partial charge on any atom is 0.339 e. The monoisotopic (exact) mass is 521 g/mol. The van der Waals surface area contributed by atoms with E-state index in [4.69, 9.17) is 4.74 Å². The van der Waals surface area contributed by atoms with Gasteiger partial charge in [0.25, 0.3) is 5.91 Å². The van der Waals surface area contributed by atoms with Crippen LogP contribution in [-0.4, -0.2) is 33.3 Å². The minimum Gasteiger partial charge on any atom is -0.494 e. The number of aliphatic imine (C=N–C) groups is 1. The Bertz CT molecular complexity index is 1410. The maximum absolute atomic E-state index is 12.7. The van der Waals surface area contributed by atoms with Crippen LogP contribution in [-0.2, 0) is 17.6 Å². The second-order valence-electron chi connectivity index (χ2n) is 8.77. The molecule has 0 bridgehead atoms. The minimum absolute atomic E-state index is 0.202. The molecular formula is C27H27N3O4S2. The number of carbonyl (C=O) groups excluding carboxylic acids is 1. The quantitative estimate of drug-likeness (QED) is 0.387. The minimum atomic E-state index is -0.877. The van der Waals surface area contributed by atoms with Gasteiger partial charge in [0.2, 0.25) is 0 Å². The van der Waals surface area contributed by atoms with Gasteiger partial charge in [-0.25, -0.2) is 9.79 Å². The van der Waals surface area contributed by atoms with Crippen molar-refractivity contribution in [1.82, 2.24) is 9.88 Å². The molecule has 1 aliphatic carbocycles. The van der Waals surface area contributed by atoms with Gasteiger partial charge < -0.3 is 19.7 Å². The third-order valence-corrected chi connectivity index (χ3v) is 8.54. The van der Waals surface area contributed by atoms with Gasteiger partial charge in [0, 0.05) is 16.3 Å². The van der Waals surface area contributed by atoms with E-state index in [-0.39, 0.29) is 5.91 Å². The highest BCUT2D eigenvalue weighted by Crippen LogP contribution is 2.39. The highest BCUT2D eigenvalue weighted by Gasteiger charge is 2.28. The largest absolute Gasteiger partial charge is 0.494 e. The van der Waals surface area contributed by atoms with E-state index in [0.29, 0.717) is 22.2 Å². The zero-order valence-corrected chi connectivity index (χ0v) is 22.0. The van der Waals surface area contributed by atoms with Crippen molar-refractivity contribution in [2.75, 3.05) is 6.61 Å². The zero-order chi connectivity index (χ0) is 25.4. The van der Waals surface area contributed by atoms with Crippen molar-refractivity contribution in [2.24, 2.45) is 4.99 Å². The molecule has 0 radical (unpaired) electrons. The van der Waals surface area contributed by atoms with Gasteiger partial charge in [0.15, 0.2) is 5.17 Å². The summed E-state index contributed by atoms with van der Waals surface area (Å²) in [5.74, 6) is -0.303. The van der Waals surface area contributed by atoms with Crippen LogP contribution in [0.2, 0.25) is 0 Å². The first-order valence-electron chi connectivity index (χ1n) is 11.9. The number of rotatable bonds is 6. The average Bonchev–Trinajstić information content (AvgIpc) is 3.48. The molecule has 1 aromatic carbocycles. The molecule has 2 aliphatic rings. The van der Waals surface area contributed by atoms with Crippen LogP contribution in [0.3, 0.4) is 0 Å². The molecular weight excluding hydrogens is 494 g/mol. The van der Waals surface area contributed by atoms with Crippen LogP contribution in [0.1, 0.15) is 57.5 Å². The first kappa shape index (κ1) is 24.4. The molecule has 0 saturated carbocycles. The van der Waals surface area contributed by atoms with E-state index in [1.54, 1.807) is 11.3 Å². The van der Waals surface area contributed by atoms with Crippen molar-refractivity contribution in [3.05, 3.63) is 68.2 Å². The lowest BCUT2D eigenvalue weighted by molar-refractivity contribution is -0.115. The van der Waals surface area contributed by atoms with Gasteiger partial charge in [-0.3, -0.25) is 4.79 Å². The Kier molecular flexibility index (Phi) is 6.77. The summed E-state index contributed by atoms with van der Waals surface area (Å²) >= 11 is 2.87. The molecule has 36 heavy (non-hydrogen) atoms. The summed E-state index contributed by atoms with van der Waals surface area (Å²) in [6.07, 6.45) is 5.73. The normalized spacial score (nSPS) is 17.5. The van der Waals surface area contributed by atoms with Crippen LogP contribution < -0.4 is 10.1 Å². The Morgan fingerprint density at radius 1 is 1.22 bits per heavy atom. The lowest BCUT2D eigenvalue weighted by atomic mass is 9.95. The number of carboxylic acid groups (broad SMARTS) is 1. The van der Waals surface area contributed by atoms with Crippen molar-refractivity contribution in [3.63, 3.8) is 0 Å². The number of fused-ring (bicyclic) bond motifs is 1. The van der Waals surface area contributed by atoms with Crippen LogP contribution in [0, 0.1) is 13.8 Å². The number of thioether (sulfide) groups is 1. The molecule has 0 spiro atoms. The average molecular weight is 522 g/mol. The topological polar surface area (TPSA) is 92.9 Å². The van der Waals surface area contributed by atoms with Crippen LogP contribution in [0.25, 0.3) is 11.1 Å². The van der Waals surface area contributed by atoms with E-state index in [2.05, 4.69) is 10.3 Å². The van der Waals surface area contributed by atoms with Crippen LogP contribution in [0.5, 0.6) is 5.75 Å². The lowest BCUT2D eigenvalue weighted by Gasteiger charge is -2.11. The fraction of sp³-hybridized carbons (Fsp3) is 0.296. The second-order valence-corrected chi connectivity index (χ2v) is 10.9. The Hall–Kier alpha value is -3.30. The number of amides is 1. The van der Waals surface area contributed by atoms with E-state index >= 15 is 0 Å². The summed E-state index contributed by atoms with van der Waals surface area (Å²) in [5.41, 5.74) is 4.87. The Morgan fingerprint density at radius 2 is 1.97 bits per heavy atom. The molecule has 9 heteroatoms. The number of ether oxygens (including phenoxy) is 1. The fourth-order valence-electron chi connectivity index (χ4n) is 4.70. The second kappa shape index (κ2) is 9.99. The molecule has 3 heterocycles. The highest BCUT2D eigenvalue weighted by molar-refractivity contribution is 8.18. The Morgan fingerprint density at radius 3 is 2.69 bits per heavy atom. The van der Waals surface area contributed by atoms with Crippen molar-refractivity contribution in [3.8, 4) is 10.8 Å². The predicted molar refractivity (Wildman–Crippen MR) is 145 cm³/mol. The van der Waals surface area contributed by atoms with E-state index in [1.165, 1.54) is 16.6 Å². The molecule has 0 atom stereocenters. The number of nitrogens with one attached hydrogen (secondary N) is 1. The summed E-state index contributed by atoms with van der Waals surface area (Å²) in [4.78, 5) is 31.2. The summed E-state index contributed by atoms with van der Waals surface area (Å²) in [6.45, 7) is 6.47. The molecule has 1 aliphatic heterocycles. The van der Waals surface area contributed by atoms with E-state index in [0.717, 1.165) is 64.6 Å². The number of nitrogens with zero attached hydrogens (tertiary/aromatic N) is 2. The number of hydrogen-bond donors (Lipinski definition) is 2. The van der Waals surface area contributed by atoms with E-state index in [9.17, 15) is 14.7 Å². The number of aromatic carboxylic acids is 1. The van der Waals surface area contributed by atoms with Gasteiger partial charge in [-0.15, -0.1) is 11.3 Å². The molecule has 1 fully saturated rings. The Balaban J connectivity index is 1.45. The van der Waals surface area contributed by atoms with Crippen molar-refractivity contribution < 1.29 is 19.4 Å². The third kappa shape index (κ3) is 4.60. The van der Waals surface area contributed by atoms with E-state index < -0.39 is 5.97 Å². The predicted octanol–water partition coefficient (Wildman–Crippen LogP) is 6.02. The maximum atomic E-state index is 12.7. The number of hydrogen-bond acceptors (Lipinski definition) is 6. The number of thiophene rings is 1. The highest BCUT2D eigenvalue weighted by atomic mass is 32.2. The first-order valence-corrected chi connectivity index (χ1v) is 13.6. The Labute approximate surface area is 217 Å². The zero-order valence-electron chi connectivity index (χ0n) is 20.4. The number of aryl methyl sites for hydroxylation is 2. The molecule has 1 amide bonds. The van der Waals surface area contributed by atoms with Gasteiger partial charge in [0.05, 0.1) is 22.8 Å². The summed E-state index contributed by atoms with van der Waals surface area (Å²) in [7, 11) is 0. The smallest absolute Gasteiger partial charge is 0.339 e. The molecule has 186 valence electrons. The standard InChI is InChI=1S/C27H27N3O4S2/c1-4-34-19-11-9-18(10-12-19)28-27-29-24(31)22(36-27)14-17-13-15(2)30(16(17)3)25-23(26(32)33)20-7-5-6-8-21(20)35-25/h9-14H,4-8H2,1-3H3,(H,32,33)(H,28,29,31)/b22-14-. The van der Waals surface area contributed by atoms with Gasteiger partial charge in [-0.2, -0.15) is 0 Å². The number of carboxylic acids is 1. The van der Waals surface area contributed by atoms with E-state index in [1.807, 2.05) is 61.7 Å². The fourth-order valence-corrected chi connectivity index (χ4v) is 7.02. The molecule has 7 nitrogen and oxygen atoms in total. The summed E-state index contributed by atoms with van der Waals surface area (Å²) < 4.78 is 7.48. The number of aromatic nitrogens is 1. The molecule has 1 saturated heterocycles. The molecule has 3 aromatic rings. The number of amidine groups is 1. The van der Waals surface area contributed by atoms with Crippen LogP contribution in [0.4, 0.5) is 5.69 Å². The van der Waals surface area contributed by atoms with Crippen molar-refractivity contribution in [1.29, 1.82) is 0 Å². The van der Waals surface area contributed by atoms with Crippen LogP contribution >= 0.6 is 23.1 Å². The third-order valence-electron chi connectivity index (χ3n) is 6.36. The summed E-state index contributed by atoms with van der Waals surface area (Å²) in [6, 6.07) is 9.40. The van der Waals surface area contributed by atoms with Crippen molar-refractivity contribution >= 4 is 51.9 Å². The van der Waals surface area contributed by atoms with Gasteiger partial charge in [-0.1, -0.05) is 0 Å². The molecule has 2 N–H and O–H groups in total. The van der Waals surface area contributed by atoms with Gasteiger partial charge >= 0.3 is 5.97 Å². The van der Waals surface area contributed by atoms with Crippen LogP contribution in [0.15, 0.2) is 40.2 Å². The van der Waals surface area contributed by atoms with Crippen molar-refractivity contribution in [2.45, 2.75) is 46.5 Å². The molecule has 0 unspecified atom stereocenters. The number of benzene rings is 1. The van der Waals surface area contributed by atoms with Gasteiger partial charge in [0.1, 0.15) is 10.8 Å². The first-order chi connectivity index (χ1) is 17.4. The summed E-state index contributed by atoms with van der Waals surface area (Å²) in [5, 5.41) is 14.1. The lowest BCUT2D eigenvalue weighted by Crippen LogP contribution is -2.19. The van der Waals surface area contributed by atoms with Gasteiger partial charge in [-0.05, 0) is 106 Å². The molecule has 5 rings (SSSR count). The number of carbonyl (C=O) groups is 2.